The summed E-state index contributed by atoms with van der Waals surface area (Å²) >= 11 is 0. The van der Waals surface area contributed by atoms with Crippen LogP contribution >= 0.6 is 0 Å². The Balaban J connectivity index is 1.90. The molecule has 0 aromatic heterocycles. The monoisotopic (exact) mass is 352 g/mol. The average molecular weight is 352 g/mol. The molecule has 2 amide bonds. The number of methoxy groups -OCH3 is 1. The van der Waals surface area contributed by atoms with Crippen LogP contribution in [0.5, 0.6) is 5.75 Å². The molecule has 0 saturated carbocycles. The Hall–Kier alpha value is -2.82. The zero-order valence-electron chi connectivity index (χ0n) is 15.4. The highest BCUT2D eigenvalue weighted by molar-refractivity contribution is 6.04. The van der Waals surface area contributed by atoms with Crippen molar-refractivity contribution in [3.05, 3.63) is 65.2 Å². The fourth-order valence-corrected chi connectivity index (χ4v) is 3.17. The number of fused-ring (bicyclic) bond motifs is 1. The standard InChI is InChI=1S/C21H24N2O3/c1-4-14(2)22-20(24)19-17-7-5-6-8-18(17)21(25)23(19)13-15-9-11-16(26-3)12-10-15/h5-12,14,19H,4,13H2,1-3H3,(H,22,24). The molecule has 0 aliphatic carbocycles. The SMILES string of the molecule is CCC(C)NC(=O)C1c2ccccc2C(=O)N1Cc1ccc(OC)cc1. The lowest BCUT2D eigenvalue weighted by atomic mass is 10.0. The van der Waals surface area contributed by atoms with Gasteiger partial charge in [0.2, 0.25) is 5.91 Å². The predicted molar refractivity (Wildman–Crippen MR) is 99.9 cm³/mol. The number of rotatable bonds is 6. The second kappa shape index (κ2) is 7.60. The highest BCUT2D eigenvalue weighted by atomic mass is 16.5. The number of amides is 2. The van der Waals surface area contributed by atoms with Crippen LogP contribution in [0.1, 0.15) is 47.8 Å². The minimum Gasteiger partial charge on any atom is -0.497 e. The first-order valence-corrected chi connectivity index (χ1v) is 8.88. The summed E-state index contributed by atoms with van der Waals surface area (Å²) in [5, 5.41) is 3.01. The topological polar surface area (TPSA) is 58.6 Å². The first kappa shape index (κ1) is 18.0. The van der Waals surface area contributed by atoms with Gasteiger partial charge in [-0.1, -0.05) is 37.3 Å². The number of hydrogen-bond acceptors (Lipinski definition) is 3. The van der Waals surface area contributed by atoms with Gasteiger partial charge in [0.1, 0.15) is 11.8 Å². The fourth-order valence-electron chi connectivity index (χ4n) is 3.17. The maximum Gasteiger partial charge on any atom is 0.255 e. The van der Waals surface area contributed by atoms with Gasteiger partial charge < -0.3 is 15.0 Å². The molecule has 2 aromatic carbocycles. The second-order valence-corrected chi connectivity index (χ2v) is 6.59. The molecule has 1 aliphatic rings. The van der Waals surface area contributed by atoms with E-state index in [1.807, 2.05) is 56.3 Å². The van der Waals surface area contributed by atoms with Crippen molar-refractivity contribution < 1.29 is 14.3 Å². The van der Waals surface area contributed by atoms with Crippen molar-refractivity contribution in [1.29, 1.82) is 0 Å². The molecule has 1 heterocycles. The van der Waals surface area contributed by atoms with E-state index < -0.39 is 6.04 Å². The van der Waals surface area contributed by atoms with Gasteiger partial charge in [0.25, 0.3) is 5.91 Å². The van der Waals surface area contributed by atoms with Crippen LogP contribution in [0.4, 0.5) is 0 Å². The van der Waals surface area contributed by atoms with E-state index in [1.54, 1.807) is 18.1 Å². The third-order valence-electron chi connectivity index (χ3n) is 4.82. The third-order valence-corrected chi connectivity index (χ3v) is 4.82. The van der Waals surface area contributed by atoms with Crippen LogP contribution < -0.4 is 10.1 Å². The predicted octanol–water partition coefficient (Wildman–Crippen LogP) is 3.31. The summed E-state index contributed by atoms with van der Waals surface area (Å²) in [6, 6.07) is 14.4. The van der Waals surface area contributed by atoms with Crippen molar-refractivity contribution in [2.45, 2.75) is 38.9 Å². The van der Waals surface area contributed by atoms with Gasteiger partial charge in [-0.2, -0.15) is 0 Å². The summed E-state index contributed by atoms with van der Waals surface area (Å²) in [7, 11) is 1.62. The van der Waals surface area contributed by atoms with Gasteiger partial charge in [-0.05, 0) is 42.7 Å². The van der Waals surface area contributed by atoms with Crippen molar-refractivity contribution in [3.63, 3.8) is 0 Å². The van der Waals surface area contributed by atoms with Gasteiger partial charge in [-0.25, -0.2) is 0 Å². The number of ether oxygens (including phenoxy) is 1. The van der Waals surface area contributed by atoms with Gasteiger partial charge in [0, 0.05) is 18.2 Å². The molecule has 0 fully saturated rings. The Morgan fingerprint density at radius 1 is 1.19 bits per heavy atom. The Morgan fingerprint density at radius 2 is 1.88 bits per heavy atom. The van der Waals surface area contributed by atoms with Crippen LogP contribution in [-0.4, -0.2) is 29.9 Å². The van der Waals surface area contributed by atoms with E-state index in [4.69, 9.17) is 4.74 Å². The van der Waals surface area contributed by atoms with Gasteiger partial charge in [0.15, 0.2) is 0 Å². The van der Waals surface area contributed by atoms with Crippen molar-refractivity contribution in [2.24, 2.45) is 0 Å². The van der Waals surface area contributed by atoms with Crippen molar-refractivity contribution in [3.8, 4) is 5.75 Å². The molecule has 1 N–H and O–H groups in total. The normalized spacial score (nSPS) is 17.0. The summed E-state index contributed by atoms with van der Waals surface area (Å²) in [5.41, 5.74) is 2.32. The maximum absolute atomic E-state index is 12.9. The molecule has 0 bridgehead atoms. The minimum absolute atomic E-state index is 0.0631. The Labute approximate surface area is 154 Å². The highest BCUT2D eigenvalue weighted by Crippen LogP contribution is 2.35. The van der Waals surface area contributed by atoms with Crippen LogP contribution in [0.25, 0.3) is 0 Å². The summed E-state index contributed by atoms with van der Waals surface area (Å²) in [6.07, 6.45) is 0.840. The Kier molecular flexibility index (Phi) is 5.26. The quantitative estimate of drug-likeness (QED) is 0.868. The number of benzene rings is 2. The van der Waals surface area contributed by atoms with Crippen LogP contribution in [-0.2, 0) is 11.3 Å². The van der Waals surface area contributed by atoms with E-state index in [0.717, 1.165) is 23.3 Å². The molecular weight excluding hydrogens is 328 g/mol. The van der Waals surface area contributed by atoms with Crippen molar-refractivity contribution >= 4 is 11.8 Å². The van der Waals surface area contributed by atoms with E-state index >= 15 is 0 Å². The van der Waals surface area contributed by atoms with Gasteiger partial charge in [0.05, 0.1) is 7.11 Å². The van der Waals surface area contributed by atoms with E-state index in [0.29, 0.717) is 12.1 Å². The van der Waals surface area contributed by atoms with Crippen molar-refractivity contribution in [2.75, 3.05) is 7.11 Å². The summed E-state index contributed by atoms with van der Waals surface area (Å²) in [5.74, 6) is 0.516. The lowest BCUT2D eigenvalue weighted by Gasteiger charge is -2.26. The zero-order chi connectivity index (χ0) is 18.7. The van der Waals surface area contributed by atoms with Crippen LogP contribution in [0.3, 0.4) is 0 Å². The van der Waals surface area contributed by atoms with Gasteiger partial charge in [-0.3, -0.25) is 9.59 Å². The maximum atomic E-state index is 12.9. The van der Waals surface area contributed by atoms with E-state index in [9.17, 15) is 9.59 Å². The first-order valence-electron chi connectivity index (χ1n) is 8.88. The molecule has 0 saturated heterocycles. The number of carbonyl (C=O) groups is 2. The van der Waals surface area contributed by atoms with E-state index in [2.05, 4.69) is 5.32 Å². The third kappa shape index (κ3) is 3.43. The molecular formula is C21H24N2O3. The number of nitrogens with zero attached hydrogens (tertiary/aromatic N) is 1. The van der Waals surface area contributed by atoms with Gasteiger partial charge in [-0.15, -0.1) is 0 Å². The molecule has 0 spiro atoms. The molecule has 26 heavy (non-hydrogen) atoms. The van der Waals surface area contributed by atoms with Crippen LogP contribution in [0, 0.1) is 0 Å². The molecule has 5 heteroatoms. The molecule has 2 atom stereocenters. The highest BCUT2D eigenvalue weighted by Gasteiger charge is 2.40. The molecule has 2 aromatic rings. The Bertz CT molecular complexity index is 801. The average Bonchev–Trinajstić information content (AvgIpc) is 2.94. The smallest absolute Gasteiger partial charge is 0.255 e. The number of nitrogens with one attached hydrogen (secondary N) is 1. The lowest BCUT2D eigenvalue weighted by molar-refractivity contribution is -0.126. The lowest BCUT2D eigenvalue weighted by Crippen LogP contribution is -2.42. The second-order valence-electron chi connectivity index (χ2n) is 6.59. The first-order chi connectivity index (χ1) is 12.5. The van der Waals surface area contributed by atoms with Crippen LogP contribution in [0.15, 0.2) is 48.5 Å². The molecule has 3 rings (SSSR count). The molecule has 136 valence electrons. The largest absolute Gasteiger partial charge is 0.497 e. The Morgan fingerprint density at radius 3 is 2.54 bits per heavy atom. The van der Waals surface area contributed by atoms with Gasteiger partial charge >= 0.3 is 0 Å². The summed E-state index contributed by atoms with van der Waals surface area (Å²) in [4.78, 5) is 27.5. The molecule has 1 aliphatic heterocycles. The van der Waals surface area contributed by atoms with E-state index in [-0.39, 0.29) is 17.9 Å². The molecule has 5 nitrogen and oxygen atoms in total. The fraction of sp³-hybridized carbons (Fsp3) is 0.333. The number of hydrogen-bond donors (Lipinski definition) is 1. The van der Waals surface area contributed by atoms with Crippen LogP contribution in [0.2, 0.25) is 0 Å². The molecule has 0 radical (unpaired) electrons. The molecule has 2 unspecified atom stereocenters. The zero-order valence-corrected chi connectivity index (χ0v) is 15.4. The van der Waals surface area contributed by atoms with E-state index in [1.165, 1.54) is 0 Å². The summed E-state index contributed by atoms with van der Waals surface area (Å²) in [6.45, 7) is 4.36. The number of carbonyl (C=O) groups excluding carboxylic acids is 2. The minimum atomic E-state index is -0.602. The summed E-state index contributed by atoms with van der Waals surface area (Å²) < 4.78 is 5.18. The van der Waals surface area contributed by atoms with Crippen molar-refractivity contribution in [1.82, 2.24) is 10.2 Å².